The number of allylic oxidation sites excluding steroid dienone is 8. The maximum Gasteiger partial charge on any atom is 0.186 e. The predicted octanol–water partition coefficient (Wildman–Crippen LogP) is 1.69. The molecule has 11 heavy (non-hydrogen) atoms. The summed E-state index contributed by atoms with van der Waals surface area (Å²) in [6, 6.07) is 0. The van der Waals surface area contributed by atoms with Crippen molar-refractivity contribution in [2.24, 2.45) is 0 Å². The Balaban J connectivity index is 2.34. The van der Waals surface area contributed by atoms with Gasteiger partial charge in [0.25, 0.3) is 0 Å². The summed E-state index contributed by atoms with van der Waals surface area (Å²) < 4.78 is 0. The second-order valence-corrected chi connectivity index (χ2v) is 3.05. The number of carbonyl (C=O) groups excluding carboxylic acids is 1. The number of hydrogen-bond donors (Lipinski definition) is 0. The van der Waals surface area contributed by atoms with E-state index < -0.39 is 0 Å². The average Bonchev–Trinajstić information content (AvgIpc) is 2.60. The molecule has 0 aliphatic heterocycles. The van der Waals surface area contributed by atoms with E-state index in [2.05, 4.69) is 12.2 Å². The molecule has 1 nitrogen and oxygen atoms in total. The number of fused-ring (bicyclic) bond motifs is 4. The molecular formula is C10H6O. The fourth-order valence-corrected chi connectivity index (χ4v) is 1.94. The maximum atomic E-state index is 11.2. The van der Waals surface area contributed by atoms with E-state index in [0.29, 0.717) is 0 Å². The third kappa shape index (κ3) is 0.463. The van der Waals surface area contributed by atoms with E-state index in [1.807, 2.05) is 6.08 Å². The predicted molar refractivity (Wildman–Crippen MR) is 42.0 cm³/mol. The molecule has 3 rings (SSSR count). The second kappa shape index (κ2) is 1.45. The Kier molecular flexibility index (Phi) is 0.698. The van der Waals surface area contributed by atoms with Gasteiger partial charge < -0.3 is 0 Å². The first-order valence-corrected chi connectivity index (χ1v) is 3.73. The molecule has 0 unspecified atom stereocenters. The summed E-state index contributed by atoms with van der Waals surface area (Å²) in [7, 11) is 0. The Hall–Kier alpha value is -1.37. The van der Waals surface area contributed by atoms with Gasteiger partial charge in [-0.1, -0.05) is 18.2 Å². The van der Waals surface area contributed by atoms with Gasteiger partial charge in [-0.2, -0.15) is 0 Å². The SMILES string of the molecule is O=C1C=CC2=C1C1=CC=C2C1. The van der Waals surface area contributed by atoms with Crippen molar-refractivity contribution in [2.75, 3.05) is 0 Å². The Labute approximate surface area is 64.4 Å². The largest absolute Gasteiger partial charge is 0.289 e. The third-order valence-electron chi connectivity index (χ3n) is 2.45. The highest BCUT2D eigenvalue weighted by atomic mass is 16.1. The van der Waals surface area contributed by atoms with Crippen LogP contribution in [0.2, 0.25) is 0 Å². The van der Waals surface area contributed by atoms with E-state index in [1.54, 1.807) is 6.08 Å². The molecule has 0 aromatic carbocycles. The van der Waals surface area contributed by atoms with E-state index in [0.717, 1.165) is 12.0 Å². The van der Waals surface area contributed by atoms with E-state index in [9.17, 15) is 4.79 Å². The fourth-order valence-electron chi connectivity index (χ4n) is 1.94. The van der Waals surface area contributed by atoms with Crippen LogP contribution in [0.5, 0.6) is 0 Å². The van der Waals surface area contributed by atoms with Crippen LogP contribution in [-0.4, -0.2) is 5.78 Å². The van der Waals surface area contributed by atoms with Crippen molar-refractivity contribution in [1.82, 2.24) is 0 Å². The lowest BCUT2D eigenvalue weighted by Gasteiger charge is -1.97. The summed E-state index contributed by atoms with van der Waals surface area (Å²) in [6.45, 7) is 0. The minimum absolute atomic E-state index is 0.189. The van der Waals surface area contributed by atoms with Crippen molar-refractivity contribution in [3.63, 3.8) is 0 Å². The highest BCUT2D eigenvalue weighted by Gasteiger charge is 2.31. The summed E-state index contributed by atoms with van der Waals surface area (Å²) in [5.74, 6) is 0.189. The van der Waals surface area contributed by atoms with Gasteiger partial charge in [-0.3, -0.25) is 4.79 Å². The van der Waals surface area contributed by atoms with Gasteiger partial charge in [0.15, 0.2) is 5.78 Å². The van der Waals surface area contributed by atoms with Crippen LogP contribution < -0.4 is 0 Å². The van der Waals surface area contributed by atoms with Gasteiger partial charge in [-0.25, -0.2) is 0 Å². The zero-order chi connectivity index (χ0) is 7.42. The lowest BCUT2D eigenvalue weighted by Crippen LogP contribution is -1.95. The van der Waals surface area contributed by atoms with Crippen LogP contribution in [-0.2, 0) is 4.79 Å². The van der Waals surface area contributed by atoms with Gasteiger partial charge in [0.2, 0.25) is 0 Å². The Morgan fingerprint density at radius 1 is 1.09 bits per heavy atom. The first-order chi connectivity index (χ1) is 5.36. The topological polar surface area (TPSA) is 17.1 Å². The first kappa shape index (κ1) is 5.30. The minimum atomic E-state index is 0.189. The Morgan fingerprint density at radius 3 is 2.73 bits per heavy atom. The van der Waals surface area contributed by atoms with Gasteiger partial charge in [-0.05, 0) is 29.2 Å². The molecule has 0 saturated carbocycles. The summed E-state index contributed by atoms with van der Waals surface area (Å²) in [5, 5.41) is 0. The van der Waals surface area contributed by atoms with Crippen molar-refractivity contribution in [2.45, 2.75) is 6.42 Å². The molecule has 0 N–H and O–H groups in total. The molecule has 3 aliphatic carbocycles. The Morgan fingerprint density at radius 2 is 1.91 bits per heavy atom. The van der Waals surface area contributed by atoms with E-state index >= 15 is 0 Å². The van der Waals surface area contributed by atoms with Crippen LogP contribution in [0, 0.1) is 0 Å². The fraction of sp³-hybridized carbons (Fsp3) is 0.100. The van der Waals surface area contributed by atoms with Crippen molar-refractivity contribution in [1.29, 1.82) is 0 Å². The van der Waals surface area contributed by atoms with Crippen LogP contribution in [0.1, 0.15) is 6.42 Å². The highest BCUT2D eigenvalue weighted by molar-refractivity contribution is 6.14. The highest BCUT2D eigenvalue weighted by Crippen LogP contribution is 2.43. The van der Waals surface area contributed by atoms with Crippen LogP contribution in [0.4, 0.5) is 0 Å². The van der Waals surface area contributed by atoms with E-state index in [-0.39, 0.29) is 5.78 Å². The van der Waals surface area contributed by atoms with Crippen LogP contribution in [0.15, 0.2) is 46.6 Å². The monoisotopic (exact) mass is 142 g/mol. The molecule has 0 fully saturated rings. The van der Waals surface area contributed by atoms with Gasteiger partial charge in [0, 0.05) is 5.57 Å². The van der Waals surface area contributed by atoms with Crippen molar-refractivity contribution in [3.05, 3.63) is 46.6 Å². The molecule has 3 aliphatic rings. The van der Waals surface area contributed by atoms with Crippen LogP contribution in [0.3, 0.4) is 0 Å². The molecule has 2 bridgehead atoms. The standard InChI is InChI=1S/C10H6O/c11-9-4-3-8-6-1-2-7(5-6)10(8)9/h1-4H,5H2. The van der Waals surface area contributed by atoms with Gasteiger partial charge in [0.1, 0.15) is 0 Å². The number of rotatable bonds is 0. The number of carbonyl (C=O) groups is 1. The molecule has 0 heterocycles. The zero-order valence-electron chi connectivity index (χ0n) is 5.92. The maximum absolute atomic E-state index is 11.2. The first-order valence-electron chi connectivity index (χ1n) is 3.73. The molecule has 1 heteroatoms. The lowest BCUT2D eigenvalue weighted by molar-refractivity contribution is -0.110. The number of ketones is 1. The third-order valence-corrected chi connectivity index (χ3v) is 2.45. The molecule has 52 valence electrons. The molecule has 0 amide bonds. The van der Waals surface area contributed by atoms with Crippen molar-refractivity contribution in [3.8, 4) is 0 Å². The molecule has 0 spiro atoms. The molecule has 0 aromatic heterocycles. The van der Waals surface area contributed by atoms with Gasteiger partial charge >= 0.3 is 0 Å². The molecule has 0 aromatic rings. The van der Waals surface area contributed by atoms with E-state index in [1.165, 1.54) is 16.7 Å². The smallest absolute Gasteiger partial charge is 0.186 e. The summed E-state index contributed by atoms with van der Waals surface area (Å²) in [4.78, 5) is 11.2. The zero-order valence-corrected chi connectivity index (χ0v) is 5.92. The summed E-state index contributed by atoms with van der Waals surface area (Å²) >= 11 is 0. The van der Waals surface area contributed by atoms with Crippen LogP contribution in [0.25, 0.3) is 0 Å². The Bertz CT molecular complexity index is 369. The quantitative estimate of drug-likeness (QED) is 0.503. The molecule has 0 radical (unpaired) electrons. The van der Waals surface area contributed by atoms with Gasteiger partial charge in [-0.15, -0.1) is 0 Å². The van der Waals surface area contributed by atoms with E-state index in [4.69, 9.17) is 0 Å². The second-order valence-electron chi connectivity index (χ2n) is 3.05. The van der Waals surface area contributed by atoms with Crippen molar-refractivity contribution >= 4 is 5.78 Å². The molecular weight excluding hydrogens is 136 g/mol. The van der Waals surface area contributed by atoms with Gasteiger partial charge in [0.05, 0.1) is 0 Å². The summed E-state index contributed by atoms with van der Waals surface area (Å²) in [5.41, 5.74) is 4.66. The van der Waals surface area contributed by atoms with Crippen molar-refractivity contribution < 1.29 is 4.79 Å². The lowest BCUT2D eigenvalue weighted by atomic mass is 10.1. The summed E-state index contributed by atoms with van der Waals surface area (Å²) in [6.07, 6.45) is 8.75. The molecule has 0 atom stereocenters. The molecule has 0 saturated heterocycles. The average molecular weight is 142 g/mol. The minimum Gasteiger partial charge on any atom is -0.289 e. The van der Waals surface area contributed by atoms with Crippen LogP contribution >= 0.6 is 0 Å². The normalized spacial score (nSPS) is 24.5. The number of hydrogen-bond acceptors (Lipinski definition) is 1.